The van der Waals surface area contributed by atoms with E-state index in [0.29, 0.717) is 16.8 Å². The standard InChI is InChI=1S/C18H18N2O3/c1-12-2-4-13(5-3-12)16(21)10-11-17(22)20-15-8-6-14(7-9-15)18(19)23/h2-9H,10-11H2,1H3,(H2,19,23)(H,20,22). The van der Waals surface area contributed by atoms with Crippen molar-refractivity contribution in [1.29, 1.82) is 0 Å². The number of ketones is 1. The summed E-state index contributed by atoms with van der Waals surface area (Å²) in [5.74, 6) is -0.840. The van der Waals surface area contributed by atoms with Crippen molar-refractivity contribution in [1.82, 2.24) is 0 Å². The van der Waals surface area contributed by atoms with Crippen LogP contribution >= 0.6 is 0 Å². The van der Waals surface area contributed by atoms with E-state index < -0.39 is 5.91 Å². The summed E-state index contributed by atoms with van der Waals surface area (Å²) in [7, 11) is 0. The van der Waals surface area contributed by atoms with Crippen LogP contribution in [0.25, 0.3) is 0 Å². The Balaban J connectivity index is 1.86. The van der Waals surface area contributed by atoms with E-state index in [1.807, 2.05) is 19.1 Å². The second kappa shape index (κ2) is 7.35. The van der Waals surface area contributed by atoms with Gasteiger partial charge in [0.25, 0.3) is 0 Å². The van der Waals surface area contributed by atoms with E-state index in [0.717, 1.165) is 5.56 Å². The summed E-state index contributed by atoms with van der Waals surface area (Å²) >= 11 is 0. The molecule has 0 aliphatic carbocycles. The van der Waals surface area contributed by atoms with Gasteiger partial charge < -0.3 is 11.1 Å². The van der Waals surface area contributed by atoms with Gasteiger partial charge in [-0.1, -0.05) is 29.8 Å². The summed E-state index contributed by atoms with van der Waals surface area (Å²) in [6, 6.07) is 13.5. The monoisotopic (exact) mass is 310 g/mol. The number of hydrogen-bond acceptors (Lipinski definition) is 3. The van der Waals surface area contributed by atoms with E-state index in [2.05, 4.69) is 5.32 Å². The van der Waals surface area contributed by atoms with Crippen molar-refractivity contribution in [2.75, 3.05) is 5.32 Å². The van der Waals surface area contributed by atoms with E-state index in [1.54, 1.807) is 24.3 Å². The maximum absolute atomic E-state index is 12.0. The number of nitrogens with one attached hydrogen (secondary N) is 1. The summed E-state index contributed by atoms with van der Waals surface area (Å²) in [6.07, 6.45) is 0.249. The molecule has 2 aromatic carbocycles. The molecule has 0 spiro atoms. The zero-order valence-corrected chi connectivity index (χ0v) is 12.8. The molecule has 0 aliphatic heterocycles. The third kappa shape index (κ3) is 4.78. The van der Waals surface area contributed by atoms with Crippen LogP contribution in [0.1, 0.15) is 39.1 Å². The van der Waals surface area contributed by atoms with Crippen molar-refractivity contribution in [3.05, 3.63) is 65.2 Å². The summed E-state index contributed by atoms with van der Waals surface area (Å²) in [4.78, 5) is 34.8. The number of carbonyl (C=O) groups excluding carboxylic acids is 3. The van der Waals surface area contributed by atoms with Gasteiger partial charge in [-0.3, -0.25) is 14.4 Å². The zero-order chi connectivity index (χ0) is 16.8. The number of carbonyl (C=O) groups is 3. The van der Waals surface area contributed by atoms with Crippen molar-refractivity contribution in [2.24, 2.45) is 5.73 Å². The zero-order valence-electron chi connectivity index (χ0n) is 12.8. The third-order valence-corrected chi connectivity index (χ3v) is 3.41. The number of amides is 2. The van der Waals surface area contributed by atoms with E-state index in [-0.39, 0.29) is 24.5 Å². The molecular formula is C18H18N2O3. The SMILES string of the molecule is Cc1ccc(C(=O)CCC(=O)Nc2ccc(C(N)=O)cc2)cc1. The molecule has 3 N–H and O–H groups in total. The van der Waals surface area contributed by atoms with E-state index >= 15 is 0 Å². The quantitative estimate of drug-likeness (QED) is 0.804. The first-order chi connectivity index (χ1) is 11.0. The maximum atomic E-state index is 12.0. The topological polar surface area (TPSA) is 89.3 Å². The van der Waals surface area contributed by atoms with Gasteiger partial charge in [-0.15, -0.1) is 0 Å². The van der Waals surface area contributed by atoms with Gasteiger partial charge in [0.1, 0.15) is 0 Å². The van der Waals surface area contributed by atoms with Gasteiger partial charge in [-0.05, 0) is 31.2 Å². The van der Waals surface area contributed by atoms with Gasteiger partial charge in [-0.25, -0.2) is 0 Å². The number of Topliss-reactive ketones (excluding diaryl/α,β-unsaturated/α-hetero) is 1. The van der Waals surface area contributed by atoms with Crippen LogP contribution in [0.5, 0.6) is 0 Å². The van der Waals surface area contributed by atoms with E-state index in [1.165, 1.54) is 12.1 Å². The molecule has 0 saturated carbocycles. The number of rotatable bonds is 6. The highest BCUT2D eigenvalue weighted by Crippen LogP contribution is 2.11. The van der Waals surface area contributed by atoms with Crippen LogP contribution in [0.4, 0.5) is 5.69 Å². The number of hydrogen-bond donors (Lipinski definition) is 2. The lowest BCUT2D eigenvalue weighted by Crippen LogP contribution is -2.14. The fourth-order valence-corrected chi connectivity index (χ4v) is 2.05. The fourth-order valence-electron chi connectivity index (χ4n) is 2.05. The Morgan fingerprint density at radius 1 is 0.870 bits per heavy atom. The number of anilines is 1. The molecule has 0 bridgehead atoms. The molecule has 0 saturated heterocycles. The fraction of sp³-hybridized carbons (Fsp3) is 0.167. The molecule has 118 valence electrons. The minimum Gasteiger partial charge on any atom is -0.366 e. The maximum Gasteiger partial charge on any atom is 0.248 e. The van der Waals surface area contributed by atoms with Gasteiger partial charge in [0.2, 0.25) is 11.8 Å². The van der Waals surface area contributed by atoms with Crippen LogP contribution in [0.2, 0.25) is 0 Å². The highest BCUT2D eigenvalue weighted by molar-refractivity contribution is 6.00. The van der Waals surface area contributed by atoms with Crippen LogP contribution < -0.4 is 11.1 Å². The largest absolute Gasteiger partial charge is 0.366 e. The molecule has 0 aliphatic rings. The molecule has 0 heterocycles. The average molecular weight is 310 g/mol. The normalized spacial score (nSPS) is 10.1. The summed E-state index contributed by atoms with van der Waals surface area (Å²) in [5.41, 5.74) is 7.77. The molecule has 2 rings (SSSR count). The Morgan fingerprint density at radius 2 is 1.43 bits per heavy atom. The minimum atomic E-state index is -0.522. The molecule has 0 fully saturated rings. The number of primary amides is 1. The van der Waals surface area contributed by atoms with Gasteiger partial charge in [0, 0.05) is 29.7 Å². The first-order valence-corrected chi connectivity index (χ1v) is 7.25. The van der Waals surface area contributed by atoms with Crippen LogP contribution in [0, 0.1) is 6.92 Å². The highest BCUT2D eigenvalue weighted by atomic mass is 16.2. The number of aryl methyl sites for hydroxylation is 1. The predicted octanol–water partition coefficient (Wildman–Crippen LogP) is 2.70. The molecular weight excluding hydrogens is 292 g/mol. The van der Waals surface area contributed by atoms with Gasteiger partial charge >= 0.3 is 0 Å². The van der Waals surface area contributed by atoms with Gasteiger partial charge in [0.05, 0.1) is 0 Å². The lowest BCUT2D eigenvalue weighted by molar-refractivity contribution is -0.116. The van der Waals surface area contributed by atoms with Crippen molar-refractivity contribution >= 4 is 23.3 Å². The van der Waals surface area contributed by atoms with Crippen molar-refractivity contribution in [3.63, 3.8) is 0 Å². The first kappa shape index (κ1) is 16.4. The molecule has 0 unspecified atom stereocenters. The molecule has 0 aromatic heterocycles. The minimum absolute atomic E-state index is 0.0655. The third-order valence-electron chi connectivity index (χ3n) is 3.41. The van der Waals surface area contributed by atoms with Crippen LogP contribution in [-0.2, 0) is 4.79 Å². The Labute approximate surface area is 134 Å². The molecule has 5 nitrogen and oxygen atoms in total. The molecule has 23 heavy (non-hydrogen) atoms. The highest BCUT2D eigenvalue weighted by Gasteiger charge is 2.10. The van der Waals surface area contributed by atoms with Crippen LogP contribution in [0.15, 0.2) is 48.5 Å². The smallest absolute Gasteiger partial charge is 0.248 e. The second-order valence-electron chi connectivity index (χ2n) is 5.28. The molecule has 2 amide bonds. The van der Waals surface area contributed by atoms with Gasteiger partial charge in [0.15, 0.2) is 5.78 Å². The summed E-state index contributed by atoms with van der Waals surface area (Å²) in [6.45, 7) is 1.95. The van der Waals surface area contributed by atoms with Crippen LogP contribution in [-0.4, -0.2) is 17.6 Å². The molecule has 0 radical (unpaired) electrons. The lowest BCUT2D eigenvalue weighted by atomic mass is 10.0. The summed E-state index contributed by atoms with van der Waals surface area (Å²) < 4.78 is 0. The Hall–Kier alpha value is -2.95. The van der Waals surface area contributed by atoms with Gasteiger partial charge in [-0.2, -0.15) is 0 Å². The summed E-state index contributed by atoms with van der Waals surface area (Å²) in [5, 5.41) is 2.68. The van der Waals surface area contributed by atoms with Crippen molar-refractivity contribution < 1.29 is 14.4 Å². The van der Waals surface area contributed by atoms with Crippen molar-refractivity contribution in [3.8, 4) is 0 Å². The predicted molar refractivity (Wildman–Crippen MR) is 88.3 cm³/mol. The van der Waals surface area contributed by atoms with Crippen LogP contribution in [0.3, 0.4) is 0 Å². The van der Waals surface area contributed by atoms with E-state index in [9.17, 15) is 14.4 Å². The average Bonchev–Trinajstić information content (AvgIpc) is 2.54. The second-order valence-corrected chi connectivity index (χ2v) is 5.28. The van der Waals surface area contributed by atoms with E-state index in [4.69, 9.17) is 5.73 Å². The molecule has 0 atom stereocenters. The lowest BCUT2D eigenvalue weighted by Gasteiger charge is -2.06. The molecule has 2 aromatic rings. The molecule has 5 heteroatoms. The Kier molecular flexibility index (Phi) is 5.25. The Morgan fingerprint density at radius 3 is 2.00 bits per heavy atom. The first-order valence-electron chi connectivity index (χ1n) is 7.25. The van der Waals surface area contributed by atoms with Crippen molar-refractivity contribution in [2.45, 2.75) is 19.8 Å². The number of nitrogens with two attached hydrogens (primary N) is 1. The number of benzene rings is 2. The Bertz CT molecular complexity index is 719.